The summed E-state index contributed by atoms with van der Waals surface area (Å²) in [7, 11) is -2.25. The van der Waals surface area contributed by atoms with Crippen LogP contribution < -0.4 is 19.5 Å². The summed E-state index contributed by atoms with van der Waals surface area (Å²) in [5, 5.41) is 3.09. The second-order valence-corrected chi connectivity index (χ2v) is 12.0. The van der Waals surface area contributed by atoms with E-state index in [2.05, 4.69) is 15.0 Å². The van der Waals surface area contributed by atoms with Gasteiger partial charge in [-0.25, -0.2) is 18.1 Å². The normalized spacial score (nSPS) is 21.3. The van der Waals surface area contributed by atoms with Crippen LogP contribution in [0.3, 0.4) is 0 Å². The molecule has 1 aliphatic carbocycles. The second kappa shape index (κ2) is 11.6. The van der Waals surface area contributed by atoms with Crippen LogP contribution in [0.25, 0.3) is 0 Å². The first-order valence-corrected chi connectivity index (χ1v) is 14.7. The van der Waals surface area contributed by atoms with Crippen molar-refractivity contribution in [3.63, 3.8) is 0 Å². The van der Waals surface area contributed by atoms with Crippen LogP contribution in [0.4, 0.5) is 0 Å². The van der Waals surface area contributed by atoms with Crippen LogP contribution in [-0.4, -0.2) is 56.1 Å². The lowest BCUT2D eigenvalue weighted by Gasteiger charge is -2.30. The van der Waals surface area contributed by atoms with Crippen molar-refractivity contribution in [2.75, 3.05) is 18.6 Å². The molecule has 0 bridgehead atoms. The van der Waals surface area contributed by atoms with Gasteiger partial charge in [-0.15, -0.1) is 0 Å². The molecule has 0 atom stereocenters. The van der Waals surface area contributed by atoms with Crippen molar-refractivity contribution in [1.82, 2.24) is 15.0 Å². The maximum atomic E-state index is 13.0. The fourth-order valence-electron chi connectivity index (χ4n) is 4.50. The zero-order chi connectivity index (χ0) is 24.8. The number of benzene rings is 1. The van der Waals surface area contributed by atoms with Crippen molar-refractivity contribution in [2.45, 2.75) is 68.5 Å². The van der Waals surface area contributed by atoms with Crippen LogP contribution in [0.15, 0.2) is 41.4 Å². The van der Waals surface area contributed by atoms with Crippen molar-refractivity contribution in [2.24, 2.45) is 0 Å². The summed E-state index contributed by atoms with van der Waals surface area (Å²) in [5.41, 5.74) is 1.29. The van der Waals surface area contributed by atoms with E-state index in [4.69, 9.17) is 9.47 Å². The Morgan fingerprint density at radius 2 is 1.77 bits per heavy atom. The molecule has 1 aliphatic heterocycles. The van der Waals surface area contributed by atoms with E-state index in [1.54, 1.807) is 30.5 Å². The molecule has 2 aliphatic rings. The number of aromatic nitrogens is 1. The smallest absolute Gasteiger partial charge is 0.256 e. The molecule has 1 aromatic heterocycles. The molecule has 35 heavy (non-hydrogen) atoms. The molecule has 0 unspecified atom stereocenters. The summed E-state index contributed by atoms with van der Waals surface area (Å²) in [4.78, 5) is 17.5. The van der Waals surface area contributed by atoms with E-state index in [0.29, 0.717) is 42.9 Å². The molecule has 0 spiro atoms. The molecular formula is C25H33N3O5S2. The van der Waals surface area contributed by atoms with Gasteiger partial charge in [0.05, 0.1) is 7.11 Å². The maximum Gasteiger partial charge on any atom is 0.256 e. The van der Waals surface area contributed by atoms with E-state index in [-0.39, 0.29) is 29.0 Å². The van der Waals surface area contributed by atoms with Crippen LogP contribution >= 0.6 is 11.8 Å². The first-order valence-electron chi connectivity index (χ1n) is 12.0. The second-order valence-electron chi connectivity index (χ2n) is 9.08. The van der Waals surface area contributed by atoms with Crippen molar-refractivity contribution in [3.8, 4) is 11.6 Å². The standard InChI is InChI=1S/C25H33N3O5S2/c1-17-5-10-22(32-2)23(16-17)35(30,31)28-19-8-6-18(7-9-19)27-24(29)21-4-3-13-26-25(21)33-20-11-14-34-15-12-20/h3-5,10,13,16,18-20,28H,6-9,11-12,14-15H2,1-2H3,(H,27,29). The van der Waals surface area contributed by atoms with Crippen molar-refractivity contribution >= 4 is 27.7 Å². The predicted octanol–water partition coefficient (Wildman–Crippen LogP) is 3.69. The third-order valence-corrected chi connectivity index (χ3v) is 9.05. The molecule has 2 N–H and O–H groups in total. The topological polar surface area (TPSA) is 107 Å². The van der Waals surface area contributed by atoms with Gasteiger partial charge in [-0.3, -0.25) is 4.79 Å². The minimum atomic E-state index is -3.72. The Kier molecular flexibility index (Phi) is 8.56. The van der Waals surface area contributed by atoms with E-state index in [1.165, 1.54) is 7.11 Å². The van der Waals surface area contributed by atoms with E-state index in [9.17, 15) is 13.2 Å². The third kappa shape index (κ3) is 6.68. The van der Waals surface area contributed by atoms with Gasteiger partial charge in [0.15, 0.2) is 0 Å². The van der Waals surface area contributed by atoms with Crippen molar-refractivity contribution in [3.05, 3.63) is 47.7 Å². The number of nitrogens with one attached hydrogen (secondary N) is 2. The Hall–Kier alpha value is -2.30. The number of rotatable bonds is 8. The molecule has 1 saturated heterocycles. The van der Waals surface area contributed by atoms with Gasteiger partial charge in [0.25, 0.3) is 5.91 Å². The van der Waals surface area contributed by atoms with Gasteiger partial charge >= 0.3 is 0 Å². The van der Waals surface area contributed by atoms with Crippen LogP contribution in [0.1, 0.15) is 54.4 Å². The van der Waals surface area contributed by atoms with Crippen LogP contribution in [0, 0.1) is 6.92 Å². The van der Waals surface area contributed by atoms with Crippen LogP contribution in [0.5, 0.6) is 11.6 Å². The molecule has 1 amide bonds. The molecule has 2 fully saturated rings. The lowest BCUT2D eigenvalue weighted by molar-refractivity contribution is 0.0915. The highest BCUT2D eigenvalue weighted by atomic mass is 32.2. The highest BCUT2D eigenvalue weighted by Gasteiger charge is 2.29. The molecule has 0 radical (unpaired) electrons. The number of hydrogen-bond donors (Lipinski definition) is 2. The molecule has 8 nitrogen and oxygen atoms in total. The van der Waals surface area contributed by atoms with E-state index in [0.717, 1.165) is 29.9 Å². The quantitative estimate of drug-likeness (QED) is 0.548. The first-order chi connectivity index (χ1) is 16.9. The number of sulfonamides is 1. The molecule has 2 aromatic rings. The SMILES string of the molecule is COc1ccc(C)cc1S(=O)(=O)NC1CCC(NC(=O)c2cccnc2OC2CCSCC2)CC1. The van der Waals surface area contributed by atoms with Crippen molar-refractivity contribution in [1.29, 1.82) is 0 Å². The maximum absolute atomic E-state index is 13.0. The number of thioether (sulfide) groups is 1. The van der Waals surface area contributed by atoms with Gasteiger partial charge in [-0.1, -0.05) is 6.07 Å². The summed E-state index contributed by atoms with van der Waals surface area (Å²) >= 11 is 1.92. The lowest BCUT2D eigenvalue weighted by Crippen LogP contribution is -2.44. The largest absolute Gasteiger partial charge is 0.495 e. The average Bonchev–Trinajstić information content (AvgIpc) is 2.86. The zero-order valence-electron chi connectivity index (χ0n) is 20.2. The molecule has 10 heteroatoms. The Balaban J connectivity index is 1.33. The van der Waals surface area contributed by atoms with Crippen LogP contribution in [-0.2, 0) is 10.0 Å². The van der Waals surface area contributed by atoms with Gasteiger partial charge in [-0.2, -0.15) is 11.8 Å². The predicted molar refractivity (Wildman–Crippen MR) is 137 cm³/mol. The van der Waals surface area contributed by atoms with Gasteiger partial charge < -0.3 is 14.8 Å². The number of aryl methyl sites for hydroxylation is 1. The summed E-state index contributed by atoms with van der Waals surface area (Å²) < 4.78 is 40.1. The minimum absolute atomic E-state index is 0.0316. The average molecular weight is 520 g/mol. The fraction of sp³-hybridized carbons (Fsp3) is 0.520. The number of nitrogens with zero attached hydrogens (tertiary/aromatic N) is 1. The Bertz CT molecular complexity index is 1130. The molecule has 4 rings (SSSR count). The third-order valence-electron chi connectivity index (χ3n) is 6.46. The number of pyridine rings is 1. The first kappa shape index (κ1) is 25.8. The number of methoxy groups -OCH3 is 1. The molecule has 1 aromatic carbocycles. The van der Waals surface area contributed by atoms with E-state index < -0.39 is 10.0 Å². The fourth-order valence-corrected chi connectivity index (χ4v) is 7.13. The van der Waals surface area contributed by atoms with Gasteiger partial charge in [0.2, 0.25) is 15.9 Å². The highest BCUT2D eigenvalue weighted by Crippen LogP contribution is 2.28. The minimum Gasteiger partial charge on any atom is -0.495 e. The summed E-state index contributed by atoms with van der Waals surface area (Å²) in [6.07, 6.45) is 6.27. The Morgan fingerprint density at radius 3 is 2.49 bits per heavy atom. The number of hydrogen-bond acceptors (Lipinski definition) is 7. The summed E-state index contributed by atoms with van der Waals surface area (Å²) in [5.74, 6) is 2.62. The van der Waals surface area contributed by atoms with Crippen molar-refractivity contribution < 1.29 is 22.7 Å². The number of amides is 1. The number of carbonyl (C=O) groups is 1. The van der Waals surface area contributed by atoms with Crippen LogP contribution in [0.2, 0.25) is 0 Å². The Morgan fingerprint density at radius 1 is 1.06 bits per heavy atom. The van der Waals surface area contributed by atoms with E-state index >= 15 is 0 Å². The van der Waals surface area contributed by atoms with E-state index in [1.807, 2.05) is 24.8 Å². The molecule has 2 heterocycles. The molecule has 190 valence electrons. The van der Waals surface area contributed by atoms with Gasteiger partial charge in [0.1, 0.15) is 22.3 Å². The summed E-state index contributed by atoms with van der Waals surface area (Å²) in [6, 6.07) is 8.36. The lowest BCUT2D eigenvalue weighted by atomic mass is 9.91. The zero-order valence-corrected chi connectivity index (χ0v) is 21.8. The Labute approximate surface area is 211 Å². The summed E-state index contributed by atoms with van der Waals surface area (Å²) in [6.45, 7) is 1.85. The van der Waals surface area contributed by atoms with Gasteiger partial charge in [0, 0.05) is 18.3 Å². The number of carbonyl (C=O) groups excluding carboxylic acids is 1. The highest BCUT2D eigenvalue weighted by molar-refractivity contribution is 7.99. The number of ether oxygens (including phenoxy) is 2. The molecule has 1 saturated carbocycles. The monoisotopic (exact) mass is 519 g/mol. The van der Waals surface area contributed by atoms with Gasteiger partial charge in [-0.05, 0) is 86.8 Å². The molecular weight excluding hydrogens is 486 g/mol.